The van der Waals surface area contributed by atoms with Gasteiger partial charge in [0.2, 0.25) is 0 Å². The number of nitrogens with one attached hydrogen (secondary N) is 1. The van der Waals surface area contributed by atoms with Gasteiger partial charge in [0.25, 0.3) is 5.91 Å². The summed E-state index contributed by atoms with van der Waals surface area (Å²) in [5, 5.41) is 3.08. The molecule has 1 aromatic heterocycles. The average Bonchev–Trinajstić information content (AvgIpc) is 2.68. The largest absolute Gasteiger partial charge is 0.488 e. The highest BCUT2D eigenvalue weighted by Gasteiger charge is 2.24. The van der Waals surface area contributed by atoms with Gasteiger partial charge in [-0.15, -0.1) is 0 Å². The standard InChI is InChI=1S/C22H28FN3O2/c1-4-7-18(5-2)24-22(27)19-14-16(12-15-8-6-9-17(23)13-15)20-21(25-19)26(3)10-11-28-20/h6,8-9,13-14,18H,4-5,7,10-12H2,1-3H3,(H,24,27). The van der Waals surface area contributed by atoms with Crippen LogP contribution in [-0.4, -0.2) is 37.1 Å². The molecule has 2 heterocycles. The Labute approximate surface area is 165 Å². The third-order valence-electron chi connectivity index (χ3n) is 5.05. The molecule has 1 amide bonds. The van der Waals surface area contributed by atoms with Crippen LogP contribution in [0.2, 0.25) is 0 Å². The number of likely N-dealkylation sites (N-methyl/N-ethyl adjacent to an activating group) is 1. The van der Waals surface area contributed by atoms with Crippen molar-refractivity contribution in [3.05, 3.63) is 53.0 Å². The SMILES string of the molecule is CCCC(CC)NC(=O)c1cc(Cc2cccc(F)c2)c2c(n1)N(C)CCO2. The van der Waals surface area contributed by atoms with E-state index in [0.29, 0.717) is 36.8 Å². The second kappa shape index (κ2) is 9.04. The smallest absolute Gasteiger partial charge is 0.270 e. The van der Waals surface area contributed by atoms with Crippen molar-refractivity contribution < 1.29 is 13.9 Å². The Balaban J connectivity index is 1.95. The topological polar surface area (TPSA) is 54.5 Å². The molecule has 3 rings (SSSR count). The van der Waals surface area contributed by atoms with Crippen molar-refractivity contribution in [2.75, 3.05) is 25.1 Å². The van der Waals surface area contributed by atoms with Crippen LogP contribution in [0.5, 0.6) is 5.75 Å². The minimum atomic E-state index is -0.276. The third kappa shape index (κ3) is 4.61. The molecule has 0 bridgehead atoms. The van der Waals surface area contributed by atoms with Crippen LogP contribution in [0, 0.1) is 5.82 Å². The second-order valence-corrected chi connectivity index (χ2v) is 7.26. The number of nitrogens with zero attached hydrogens (tertiary/aromatic N) is 2. The van der Waals surface area contributed by atoms with Gasteiger partial charge in [-0.3, -0.25) is 4.79 Å². The van der Waals surface area contributed by atoms with E-state index in [4.69, 9.17) is 4.74 Å². The molecule has 6 heteroatoms. The predicted molar refractivity (Wildman–Crippen MR) is 109 cm³/mol. The van der Waals surface area contributed by atoms with Gasteiger partial charge in [0, 0.05) is 25.1 Å². The van der Waals surface area contributed by atoms with Gasteiger partial charge < -0.3 is 15.0 Å². The molecule has 1 unspecified atom stereocenters. The molecular formula is C22H28FN3O2. The van der Waals surface area contributed by atoms with Crippen molar-refractivity contribution in [2.45, 2.75) is 45.6 Å². The Morgan fingerprint density at radius 1 is 1.36 bits per heavy atom. The summed E-state index contributed by atoms with van der Waals surface area (Å²) < 4.78 is 19.5. The molecular weight excluding hydrogens is 357 g/mol. The molecule has 0 saturated heterocycles. The molecule has 1 aliphatic rings. The quantitative estimate of drug-likeness (QED) is 0.784. The number of halogens is 1. The lowest BCUT2D eigenvalue weighted by molar-refractivity contribution is 0.0928. The van der Waals surface area contributed by atoms with Gasteiger partial charge in [-0.1, -0.05) is 32.4 Å². The van der Waals surface area contributed by atoms with Crippen LogP contribution in [0.4, 0.5) is 10.2 Å². The maximum atomic E-state index is 13.6. The normalized spacial score (nSPS) is 14.2. The molecule has 0 spiro atoms. The summed E-state index contributed by atoms with van der Waals surface area (Å²) in [4.78, 5) is 19.4. The summed E-state index contributed by atoms with van der Waals surface area (Å²) in [6, 6.07) is 8.40. The van der Waals surface area contributed by atoms with E-state index in [9.17, 15) is 9.18 Å². The minimum absolute atomic E-state index is 0.135. The summed E-state index contributed by atoms with van der Waals surface area (Å²) in [5.74, 6) is 0.883. The summed E-state index contributed by atoms with van der Waals surface area (Å²) in [6.45, 7) is 5.44. The zero-order valence-corrected chi connectivity index (χ0v) is 16.8. The number of anilines is 1. The minimum Gasteiger partial charge on any atom is -0.488 e. The van der Waals surface area contributed by atoms with Crippen molar-refractivity contribution in [1.29, 1.82) is 0 Å². The van der Waals surface area contributed by atoms with Crippen molar-refractivity contribution in [2.24, 2.45) is 0 Å². The molecule has 1 N–H and O–H groups in total. The number of hydrogen-bond acceptors (Lipinski definition) is 4. The number of benzene rings is 1. The number of rotatable bonds is 7. The van der Waals surface area contributed by atoms with Gasteiger partial charge in [-0.05, 0) is 36.6 Å². The van der Waals surface area contributed by atoms with E-state index >= 15 is 0 Å². The Morgan fingerprint density at radius 3 is 2.89 bits per heavy atom. The van der Waals surface area contributed by atoms with E-state index in [1.165, 1.54) is 12.1 Å². The Bertz CT molecular complexity index is 841. The Kier molecular flexibility index (Phi) is 6.49. The summed E-state index contributed by atoms with van der Waals surface area (Å²) in [5.41, 5.74) is 2.04. The highest BCUT2D eigenvalue weighted by atomic mass is 19.1. The monoisotopic (exact) mass is 385 g/mol. The third-order valence-corrected chi connectivity index (χ3v) is 5.05. The van der Waals surface area contributed by atoms with Crippen LogP contribution in [0.1, 0.15) is 54.7 Å². The maximum Gasteiger partial charge on any atom is 0.270 e. The number of aromatic nitrogens is 1. The fraction of sp³-hybridized carbons (Fsp3) is 0.455. The Hall–Kier alpha value is -2.63. The van der Waals surface area contributed by atoms with Crippen LogP contribution in [-0.2, 0) is 6.42 Å². The molecule has 5 nitrogen and oxygen atoms in total. The van der Waals surface area contributed by atoms with Gasteiger partial charge >= 0.3 is 0 Å². The molecule has 0 fully saturated rings. The van der Waals surface area contributed by atoms with Crippen molar-refractivity contribution in [1.82, 2.24) is 10.3 Å². The number of carbonyl (C=O) groups excluding carboxylic acids is 1. The first-order chi connectivity index (χ1) is 13.5. The van der Waals surface area contributed by atoms with Crippen molar-refractivity contribution in [3.63, 3.8) is 0 Å². The first-order valence-corrected chi connectivity index (χ1v) is 9.95. The maximum absolute atomic E-state index is 13.6. The summed E-state index contributed by atoms with van der Waals surface area (Å²) in [6.07, 6.45) is 3.30. The van der Waals surface area contributed by atoms with Crippen LogP contribution < -0.4 is 15.0 Å². The zero-order valence-electron chi connectivity index (χ0n) is 16.8. The molecule has 0 radical (unpaired) electrons. The molecule has 0 saturated carbocycles. The van der Waals surface area contributed by atoms with Gasteiger partial charge in [-0.25, -0.2) is 9.37 Å². The van der Waals surface area contributed by atoms with Gasteiger partial charge in [0.15, 0.2) is 11.6 Å². The molecule has 1 atom stereocenters. The molecule has 1 aromatic carbocycles. The fourth-order valence-corrected chi connectivity index (χ4v) is 3.48. The van der Waals surface area contributed by atoms with E-state index in [1.54, 1.807) is 12.1 Å². The first kappa shape index (κ1) is 20.1. The number of hydrogen-bond donors (Lipinski definition) is 1. The van der Waals surface area contributed by atoms with Crippen molar-refractivity contribution >= 4 is 11.7 Å². The van der Waals surface area contributed by atoms with Crippen LogP contribution in [0.25, 0.3) is 0 Å². The van der Waals surface area contributed by atoms with E-state index in [0.717, 1.165) is 30.4 Å². The predicted octanol–water partition coefficient (Wildman–Crippen LogP) is 3.95. The number of carbonyl (C=O) groups is 1. The Morgan fingerprint density at radius 2 is 2.18 bits per heavy atom. The van der Waals surface area contributed by atoms with Gasteiger partial charge in [0.05, 0.1) is 6.54 Å². The molecule has 0 aliphatic carbocycles. The molecule has 150 valence electrons. The van der Waals surface area contributed by atoms with E-state index in [2.05, 4.69) is 24.1 Å². The molecule has 1 aliphatic heterocycles. The van der Waals surface area contributed by atoms with Crippen molar-refractivity contribution in [3.8, 4) is 5.75 Å². The number of amides is 1. The van der Waals surface area contributed by atoms with Gasteiger partial charge in [0.1, 0.15) is 18.1 Å². The second-order valence-electron chi connectivity index (χ2n) is 7.26. The van der Waals surface area contributed by atoms with E-state index in [-0.39, 0.29) is 17.8 Å². The number of pyridine rings is 1. The number of ether oxygens (including phenoxy) is 1. The highest BCUT2D eigenvalue weighted by Crippen LogP contribution is 2.34. The van der Waals surface area contributed by atoms with Crippen LogP contribution >= 0.6 is 0 Å². The summed E-state index contributed by atoms with van der Waals surface area (Å²) >= 11 is 0. The van der Waals surface area contributed by atoms with E-state index < -0.39 is 0 Å². The van der Waals surface area contributed by atoms with Crippen LogP contribution in [0.3, 0.4) is 0 Å². The lowest BCUT2D eigenvalue weighted by Gasteiger charge is -2.29. The first-order valence-electron chi connectivity index (χ1n) is 9.95. The average molecular weight is 385 g/mol. The zero-order chi connectivity index (χ0) is 20.1. The van der Waals surface area contributed by atoms with Gasteiger partial charge in [-0.2, -0.15) is 0 Å². The number of fused-ring (bicyclic) bond motifs is 1. The fourth-order valence-electron chi connectivity index (χ4n) is 3.48. The molecule has 28 heavy (non-hydrogen) atoms. The van der Waals surface area contributed by atoms with Crippen LogP contribution in [0.15, 0.2) is 30.3 Å². The highest BCUT2D eigenvalue weighted by molar-refractivity contribution is 5.93. The summed E-state index contributed by atoms with van der Waals surface area (Å²) in [7, 11) is 1.94. The lowest BCUT2D eigenvalue weighted by Crippen LogP contribution is -2.36. The molecule has 2 aromatic rings. The van der Waals surface area contributed by atoms with E-state index in [1.807, 2.05) is 18.0 Å². The lowest BCUT2D eigenvalue weighted by atomic mass is 10.0.